The molecule has 5 nitrogen and oxygen atoms in total. The Morgan fingerprint density at radius 3 is 2.37 bits per heavy atom. The lowest BCUT2D eigenvalue weighted by molar-refractivity contribution is -0.120. The van der Waals surface area contributed by atoms with Gasteiger partial charge in [-0.2, -0.15) is 4.31 Å². The Hall–Kier alpha value is -1.41. The fourth-order valence-corrected chi connectivity index (χ4v) is 4.93. The van der Waals surface area contributed by atoms with Crippen molar-refractivity contribution in [3.63, 3.8) is 0 Å². The van der Waals surface area contributed by atoms with Crippen molar-refractivity contribution < 1.29 is 13.2 Å². The first-order valence-corrected chi connectivity index (χ1v) is 11.2. The molecule has 3 rings (SSSR count). The van der Waals surface area contributed by atoms with Gasteiger partial charge in [-0.15, -0.1) is 0 Å². The normalized spacial score (nSPS) is 16.3. The van der Waals surface area contributed by atoms with Crippen molar-refractivity contribution in [2.45, 2.75) is 24.7 Å². The van der Waals surface area contributed by atoms with Gasteiger partial charge >= 0.3 is 0 Å². The number of hydrogen-bond donors (Lipinski definition) is 1. The highest BCUT2D eigenvalue weighted by molar-refractivity contribution is 9.10. The molecule has 2 aromatic rings. The lowest BCUT2D eigenvalue weighted by Gasteiger charge is -2.30. The Morgan fingerprint density at radius 1 is 1.15 bits per heavy atom. The zero-order valence-corrected chi connectivity index (χ0v) is 17.9. The van der Waals surface area contributed by atoms with E-state index in [0.29, 0.717) is 41.5 Å². The summed E-state index contributed by atoms with van der Waals surface area (Å²) in [5.41, 5.74) is 1.64. The SMILES string of the molecule is Cc1ccc(S(=O)(=O)N2CCC(C(=O)Nc3ccc(Br)c(Cl)c3)CC2)cc1. The number of carbonyl (C=O) groups excluding carboxylic acids is 1. The van der Waals surface area contributed by atoms with Crippen molar-refractivity contribution in [3.05, 3.63) is 57.5 Å². The molecule has 0 spiro atoms. The number of carbonyl (C=O) groups is 1. The van der Waals surface area contributed by atoms with Crippen molar-refractivity contribution in [1.82, 2.24) is 4.31 Å². The fraction of sp³-hybridized carbons (Fsp3) is 0.316. The number of piperidine rings is 1. The zero-order valence-electron chi connectivity index (χ0n) is 14.8. The minimum Gasteiger partial charge on any atom is -0.326 e. The molecule has 1 heterocycles. The van der Waals surface area contributed by atoms with Crippen LogP contribution in [0.15, 0.2) is 51.8 Å². The number of rotatable bonds is 4. The number of hydrogen-bond acceptors (Lipinski definition) is 3. The first kappa shape index (κ1) is 20.3. The van der Waals surface area contributed by atoms with Crippen LogP contribution >= 0.6 is 27.5 Å². The maximum atomic E-state index is 12.7. The van der Waals surface area contributed by atoms with Crippen LogP contribution in [0, 0.1) is 12.8 Å². The second kappa shape index (κ2) is 8.31. The number of nitrogens with one attached hydrogen (secondary N) is 1. The molecule has 8 heteroatoms. The van der Waals surface area contributed by atoms with E-state index in [0.717, 1.165) is 10.0 Å². The molecule has 1 aliphatic heterocycles. The molecule has 0 radical (unpaired) electrons. The molecular weight excluding hydrogens is 452 g/mol. The maximum Gasteiger partial charge on any atom is 0.243 e. The van der Waals surface area contributed by atoms with Gasteiger partial charge in [-0.3, -0.25) is 4.79 Å². The molecule has 0 unspecified atom stereocenters. The number of nitrogens with zero attached hydrogens (tertiary/aromatic N) is 1. The van der Waals surface area contributed by atoms with E-state index in [1.165, 1.54) is 4.31 Å². The highest BCUT2D eigenvalue weighted by atomic mass is 79.9. The van der Waals surface area contributed by atoms with Gasteiger partial charge in [-0.05, 0) is 66.0 Å². The molecule has 0 atom stereocenters. The van der Waals surface area contributed by atoms with Gasteiger partial charge in [0.1, 0.15) is 0 Å². The minimum absolute atomic E-state index is 0.110. The molecular formula is C19H20BrClN2O3S. The molecule has 0 bridgehead atoms. The summed E-state index contributed by atoms with van der Waals surface area (Å²) in [5.74, 6) is -0.335. The molecule has 0 aliphatic carbocycles. The minimum atomic E-state index is -3.52. The topological polar surface area (TPSA) is 66.5 Å². The molecule has 0 aromatic heterocycles. The lowest BCUT2D eigenvalue weighted by Crippen LogP contribution is -2.41. The first-order chi connectivity index (χ1) is 12.8. The van der Waals surface area contributed by atoms with Crippen LogP contribution in [0.4, 0.5) is 5.69 Å². The average Bonchev–Trinajstić information content (AvgIpc) is 2.65. The maximum absolute atomic E-state index is 12.7. The lowest BCUT2D eigenvalue weighted by atomic mass is 9.97. The van der Waals surface area contributed by atoms with E-state index in [-0.39, 0.29) is 11.8 Å². The van der Waals surface area contributed by atoms with Gasteiger partial charge in [0.05, 0.1) is 9.92 Å². The van der Waals surface area contributed by atoms with Crippen LogP contribution in [-0.2, 0) is 14.8 Å². The molecule has 1 N–H and O–H groups in total. The van der Waals surface area contributed by atoms with Crippen LogP contribution in [0.5, 0.6) is 0 Å². The van der Waals surface area contributed by atoms with Gasteiger partial charge < -0.3 is 5.32 Å². The highest BCUT2D eigenvalue weighted by Gasteiger charge is 2.32. The third-order valence-electron chi connectivity index (χ3n) is 4.67. The smallest absolute Gasteiger partial charge is 0.243 e. The Kier molecular flexibility index (Phi) is 6.25. The molecule has 0 saturated carbocycles. The van der Waals surface area contributed by atoms with Gasteiger partial charge in [-0.25, -0.2) is 8.42 Å². The quantitative estimate of drug-likeness (QED) is 0.716. The third-order valence-corrected chi connectivity index (χ3v) is 7.82. The first-order valence-electron chi connectivity index (χ1n) is 8.60. The Morgan fingerprint density at radius 2 is 1.78 bits per heavy atom. The number of anilines is 1. The van der Waals surface area contributed by atoms with Crippen LogP contribution in [0.25, 0.3) is 0 Å². The standard InChI is InChI=1S/C19H20BrClN2O3S/c1-13-2-5-16(6-3-13)27(25,26)23-10-8-14(9-11-23)19(24)22-15-4-7-17(20)18(21)12-15/h2-7,12,14H,8-11H2,1H3,(H,22,24). The number of halogens is 2. The van der Waals surface area contributed by atoms with Crippen LogP contribution < -0.4 is 5.32 Å². The predicted molar refractivity (Wildman–Crippen MR) is 110 cm³/mol. The van der Waals surface area contributed by atoms with Gasteiger partial charge in [0, 0.05) is 29.2 Å². The zero-order chi connectivity index (χ0) is 19.6. The molecule has 2 aromatic carbocycles. The average molecular weight is 472 g/mol. The van der Waals surface area contributed by atoms with E-state index < -0.39 is 10.0 Å². The van der Waals surface area contributed by atoms with Gasteiger partial charge in [-0.1, -0.05) is 29.3 Å². The summed E-state index contributed by atoms with van der Waals surface area (Å²) in [6, 6.07) is 12.0. The van der Waals surface area contributed by atoms with Crippen molar-refractivity contribution in [2.75, 3.05) is 18.4 Å². The van der Waals surface area contributed by atoms with Crippen molar-refractivity contribution >= 4 is 49.1 Å². The number of aryl methyl sites for hydroxylation is 1. The summed E-state index contributed by atoms with van der Waals surface area (Å²) in [6.07, 6.45) is 0.975. The van der Waals surface area contributed by atoms with E-state index in [4.69, 9.17) is 11.6 Å². The second-order valence-corrected chi connectivity index (χ2v) is 9.81. The van der Waals surface area contributed by atoms with E-state index in [1.807, 2.05) is 6.92 Å². The molecule has 1 amide bonds. The number of benzene rings is 2. The number of amides is 1. The summed E-state index contributed by atoms with van der Waals surface area (Å²) in [5, 5.41) is 3.38. The molecule has 1 fully saturated rings. The summed E-state index contributed by atoms with van der Waals surface area (Å²) in [6.45, 7) is 2.57. The Labute approximate surface area is 172 Å². The van der Waals surface area contributed by atoms with E-state index in [9.17, 15) is 13.2 Å². The van der Waals surface area contributed by atoms with Crippen LogP contribution in [-0.4, -0.2) is 31.7 Å². The largest absolute Gasteiger partial charge is 0.326 e. The van der Waals surface area contributed by atoms with Crippen molar-refractivity contribution in [3.8, 4) is 0 Å². The summed E-state index contributed by atoms with van der Waals surface area (Å²) >= 11 is 9.36. The van der Waals surface area contributed by atoms with Gasteiger partial charge in [0.25, 0.3) is 0 Å². The van der Waals surface area contributed by atoms with Gasteiger partial charge in [0.15, 0.2) is 0 Å². The summed E-state index contributed by atoms with van der Waals surface area (Å²) < 4.78 is 27.7. The Balaban J connectivity index is 1.61. The molecule has 27 heavy (non-hydrogen) atoms. The highest BCUT2D eigenvalue weighted by Crippen LogP contribution is 2.28. The predicted octanol–water partition coefficient (Wildman–Crippen LogP) is 4.45. The third kappa shape index (κ3) is 4.71. The Bertz CT molecular complexity index is 940. The van der Waals surface area contributed by atoms with E-state index in [1.54, 1.807) is 42.5 Å². The van der Waals surface area contributed by atoms with Crippen LogP contribution in [0.3, 0.4) is 0 Å². The summed E-state index contributed by atoms with van der Waals surface area (Å²) in [4.78, 5) is 12.8. The van der Waals surface area contributed by atoms with E-state index in [2.05, 4.69) is 21.2 Å². The molecule has 1 saturated heterocycles. The molecule has 1 aliphatic rings. The summed E-state index contributed by atoms with van der Waals surface area (Å²) in [7, 11) is -3.52. The van der Waals surface area contributed by atoms with E-state index >= 15 is 0 Å². The monoisotopic (exact) mass is 470 g/mol. The molecule has 144 valence electrons. The second-order valence-electron chi connectivity index (χ2n) is 6.61. The van der Waals surface area contributed by atoms with Crippen molar-refractivity contribution in [2.24, 2.45) is 5.92 Å². The van der Waals surface area contributed by atoms with Crippen LogP contribution in [0.2, 0.25) is 5.02 Å². The number of sulfonamides is 1. The van der Waals surface area contributed by atoms with Crippen molar-refractivity contribution in [1.29, 1.82) is 0 Å². The fourth-order valence-electron chi connectivity index (χ4n) is 3.04. The van der Waals surface area contributed by atoms with Gasteiger partial charge in [0.2, 0.25) is 15.9 Å². The van der Waals surface area contributed by atoms with Crippen LogP contribution in [0.1, 0.15) is 18.4 Å².